The van der Waals surface area contributed by atoms with Crippen LogP contribution in [0.2, 0.25) is 0 Å². The molecule has 0 saturated carbocycles. The monoisotopic (exact) mass is 386 g/mol. The molecule has 0 spiro atoms. The zero-order valence-corrected chi connectivity index (χ0v) is 16.3. The third kappa shape index (κ3) is 8.25. The van der Waals surface area contributed by atoms with Crippen molar-refractivity contribution < 1.29 is 19.4 Å². The lowest BCUT2D eigenvalue weighted by atomic mass is 10.1. The summed E-state index contributed by atoms with van der Waals surface area (Å²) >= 11 is 0. The number of aliphatic hydroxyl groups is 1. The van der Waals surface area contributed by atoms with Gasteiger partial charge in [0, 0.05) is 6.54 Å². The van der Waals surface area contributed by atoms with Crippen LogP contribution in [0, 0.1) is 0 Å². The molecule has 1 unspecified atom stereocenters. The van der Waals surface area contributed by atoms with Gasteiger partial charge >= 0.3 is 6.09 Å². The fraction of sp³-hybridized carbons (Fsp3) is 0.632. The van der Waals surface area contributed by atoms with Gasteiger partial charge in [-0.3, -0.25) is 5.32 Å². The molecule has 1 aliphatic rings. The molecule has 1 atom stereocenters. The summed E-state index contributed by atoms with van der Waals surface area (Å²) in [5.74, 6) is 0.627. The van der Waals surface area contributed by atoms with Crippen LogP contribution in [-0.2, 0) is 4.74 Å². The highest BCUT2D eigenvalue weighted by Crippen LogP contribution is 2.24. The molecule has 148 valence electrons. The summed E-state index contributed by atoms with van der Waals surface area (Å²) in [6.07, 6.45) is 4.36. The second-order valence-corrected chi connectivity index (χ2v) is 6.44. The number of β-amino-alcohol motifs (C(OH)–C–C–N with tert-alkyl or cyclic N) is 1. The minimum absolute atomic E-state index is 0. The van der Waals surface area contributed by atoms with Gasteiger partial charge in [-0.1, -0.05) is 31.9 Å². The molecule has 2 rings (SSSR count). The Morgan fingerprint density at radius 3 is 2.73 bits per heavy atom. The van der Waals surface area contributed by atoms with E-state index in [4.69, 9.17) is 9.47 Å². The van der Waals surface area contributed by atoms with E-state index in [2.05, 4.69) is 17.1 Å². The average molecular weight is 387 g/mol. The first kappa shape index (κ1) is 22.5. The number of rotatable bonds is 9. The fourth-order valence-corrected chi connectivity index (χ4v) is 2.83. The number of ether oxygens (including phenoxy) is 2. The van der Waals surface area contributed by atoms with Crippen molar-refractivity contribution in [1.29, 1.82) is 0 Å². The molecule has 0 aliphatic carbocycles. The summed E-state index contributed by atoms with van der Waals surface area (Å²) < 4.78 is 10.8. The number of amides is 1. The number of benzene rings is 1. The topological polar surface area (TPSA) is 71.0 Å². The highest BCUT2D eigenvalue weighted by atomic mass is 35.5. The van der Waals surface area contributed by atoms with Crippen LogP contribution in [-0.4, -0.2) is 55.1 Å². The van der Waals surface area contributed by atoms with Gasteiger partial charge in [0.2, 0.25) is 0 Å². The van der Waals surface area contributed by atoms with Crippen LogP contribution in [0.1, 0.15) is 39.0 Å². The van der Waals surface area contributed by atoms with Crippen molar-refractivity contribution in [2.24, 2.45) is 0 Å². The number of hydrogen-bond donors (Lipinski definition) is 2. The van der Waals surface area contributed by atoms with E-state index in [0.29, 0.717) is 24.6 Å². The van der Waals surface area contributed by atoms with Gasteiger partial charge in [0.25, 0.3) is 0 Å². The maximum absolute atomic E-state index is 12.0. The van der Waals surface area contributed by atoms with Gasteiger partial charge in [-0.05, 0) is 44.5 Å². The first-order valence-electron chi connectivity index (χ1n) is 9.25. The zero-order valence-electron chi connectivity index (χ0n) is 15.5. The molecule has 1 aliphatic heterocycles. The third-order valence-corrected chi connectivity index (χ3v) is 4.20. The maximum Gasteiger partial charge on any atom is 0.411 e. The molecule has 1 saturated heterocycles. The van der Waals surface area contributed by atoms with Crippen LogP contribution in [0.25, 0.3) is 0 Å². The minimum Gasteiger partial charge on any atom is -0.491 e. The summed E-state index contributed by atoms with van der Waals surface area (Å²) in [4.78, 5) is 14.2. The van der Waals surface area contributed by atoms with Gasteiger partial charge in [-0.15, -0.1) is 12.4 Å². The number of hydrogen-bond acceptors (Lipinski definition) is 5. The Labute approximate surface area is 162 Å². The molecule has 1 aromatic rings. The SMILES string of the molecule is CCCCOc1ccccc1NC(=O)OCC(O)CN1CCCCC1.Cl. The summed E-state index contributed by atoms with van der Waals surface area (Å²) in [6.45, 7) is 5.25. The molecule has 1 amide bonds. The van der Waals surface area contributed by atoms with E-state index >= 15 is 0 Å². The van der Waals surface area contributed by atoms with Crippen molar-refractivity contribution in [3.63, 3.8) is 0 Å². The normalized spacial score (nSPS) is 15.6. The summed E-state index contributed by atoms with van der Waals surface area (Å²) in [6, 6.07) is 7.27. The average Bonchev–Trinajstić information content (AvgIpc) is 2.62. The van der Waals surface area contributed by atoms with Crippen molar-refractivity contribution in [1.82, 2.24) is 4.90 Å². The Hall–Kier alpha value is -1.50. The van der Waals surface area contributed by atoms with Crippen LogP contribution in [0.3, 0.4) is 0 Å². The molecular formula is C19H31ClN2O4. The second-order valence-electron chi connectivity index (χ2n) is 6.44. The number of unbranched alkanes of at least 4 members (excludes halogenated alkanes) is 1. The minimum atomic E-state index is -0.667. The Bertz CT molecular complexity index is 524. The first-order valence-corrected chi connectivity index (χ1v) is 9.25. The number of anilines is 1. The highest BCUT2D eigenvalue weighted by Gasteiger charge is 2.16. The molecule has 1 aromatic carbocycles. The predicted molar refractivity (Wildman–Crippen MR) is 105 cm³/mol. The lowest BCUT2D eigenvalue weighted by Gasteiger charge is -2.28. The molecule has 26 heavy (non-hydrogen) atoms. The molecule has 6 nitrogen and oxygen atoms in total. The first-order chi connectivity index (χ1) is 12.2. The van der Waals surface area contributed by atoms with Crippen LogP contribution in [0.4, 0.5) is 10.5 Å². The van der Waals surface area contributed by atoms with E-state index < -0.39 is 12.2 Å². The van der Waals surface area contributed by atoms with Crippen LogP contribution < -0.4 is 10.1 Å². The van der Waals surface area contributed by atoms with Crippen molar-refractivity contribution in [2.45, 2.75) is 45.1 Å². The van der Waals surface area contributed by atoms with E-state index in [1.165, 1.54) is 19.3 Å². The Kier molecular flexibility index (Phi) is 11.1. The Morgan fingerprint density at radius 1 is 1.27 bits per heavy atom. The van der Waals surface area contributed by atoms with Crippen molar-refractivity contribution in [3.8, 4) is 5.75 Å². The van der Waals surface area contributed by atoms with Gasteiger partial charge in [0.15, 0.2) is 0 Å². The van der Waals surface area contributed by atoms with E-state index in [1.54, 1.807) is 6.07 Å². The molecule has 0 bridgehead atoms. The predicted octanol–water partition coefficient (Wildman–Crippen LogP) is 3.68. The van der Waals surface area contributed by atoms with Crippen molar-refractivity contribution in [2.75, 3.05) is 38.2 Å². The molecule has 0 radical (unpaired) electrons. The van der Waals surface area contributed by atoms with Crippen LogP contribution >= 0.6 is 12.4 Å². The number of piperidine rings is 1. The molecule has 0 aromatic heterocycles. The summed E-state index contributed by atoms with van der Waals surface area (Å²) in [5, 5.41) is 12.7. The zero-order chi connectivity index (χ0) is 17.9. The van der Waals surface area contributed by atoms with Gasteiger partial charge in [0.05, 0.1) is 12.3 Å². The van der Waals surface area contributed by atoms with Crippen molar-refractivity contribution >= 4 is 24.2 Å². The lowest BCUT2D eigenvalue weighted by molar-refractivity contribution is 0.0436. The number of nitrogens with one attached hydrogen (secondary N) is 1. The van der Waals surface area contributed by atoms with Crippen LogP contribution in [0.15, 0.2) is 24.3 Å². The van der Waals surface area contributed by atoms with Gasteiger partial charge < -0.3 is 19.5 Å². The number of para-hydroxylation sites is 2. The molecule has 2 N–H and O–H groups in total. The lowest BCUT2D eigenvalue weighted by Crippen LogP contribution is -2.38. The number of halogens is 1. The standard InChI is InChI=1S/C19H30N2O4.ClH/c1-2-3-13-24-18-10-6-5-9-17(18)20-19(23)25-15-16(22)14-21-11-7-4-8-12-21;/h5-6,9-10,16,22H,2-4,7-8,11-15H2,1H3,(H,20,23);1H. The van der Waals surface area contributed by atoms with Crippen LogP contribution in [0.5, 0.6) is 5.75 Å². The Morgan fingerprint density at radius 2 is 2.00 bits per heavy atom. The number of nitrogens with zero attached hydrogens (tertiary/aromatic N) is 1. The van der Waals surface area contributed by atoms with E-state index in [0.717, 1.165) is 25.9 Å². The molecule has 1 heterocycles. The number of carbonyl (C=O) groups excluding carboxylic acids is 1. The second kappa shape index (κ2) is 12.8. The highest BCUT2D eigenvalue weighted by molar-refractivity contribution is 5.86. The summed E-state index contributed by atoms with van der Waals surface area (Å²) in [5.41, 5.74) is 0.578. The van der Waals surface area contributed by atoms with Crippen molar-refractivity contribution in [3.05, 3.63) is 24.3 Å². The van der Waals surface area contributed by atoms with E-state index in [1.807, 2.05) is 18.2 Å². The molecule has 1 fully saturated rings. The Balaban J connectivity index is 0.00000338. The van der Waals surface area contributed by atoms with E-state index in [9.17, 15) is 9.90 Å². The third-order valence-electron chi connectivity index (χ3n) is 4.20. The number of likely N-dealkylation sites (tertiary alicyclic amines) is 1. The van der Waals surface area contributed by atoms with Gasteiger partial charge in [-0.25, -0.2) is 4.79 Å². The molecule has 7 heteroatoms. The fourth-order valence-electron chi connectivity index (χ4n) is 2.83. The quantitative estimate of drug-likeness (QED) is 0.633. The number of aliphatic hydroxyl groups excluding tert-OH is 1. The summed E-state index contributed by atoms with van der Waals surface area (Å²) in [7, 11) is 0. The van der Waals surface area contributed by atoms with Gasteiger partial charge in [0.1, 0.15) is 18.5 Å². The maximum atomic E-state index is 12.0. The smallest absolute Gasteiger partial charge is 0.411 e. The molecular weight excluding hydrogens is 356 g/mol. The van der Waals surface area contributed by atoms with E-state index in [-0.39, 0.29) is 19.0 Å². The largest absolute Gasteiger partial charge is 0.491 e. The van der Waals surface area contributed by atoms with Gasteiger partial charge in [-0.2, -0.15) is 0 Å². The number of carbonyl (C=O) groups is 1.